The molecule has 0 aromatic heterocycles. The number of allylic oxidation sites excluding steroid dienone is 7. The molecule has 0 radical (unpaired) electrons. The Morgan fingerprint density at radius 3 is 1.22 bits per heavy atom. The van der Waals surface area contributed by atoms with Gasteiger partial charge in [-0.05, 0) is 64.2 Å². The molecular formula is C71H131NO13. The van der Waals surface area contributed by atoms with Gasteiger partial charge in [-0.3, -0.25) is 4.79 Å². The summed E-state index contributed by atoms with van der Waals surface area (Å²) in [6, 6.07) is -0.932. The van der Waals surface area contributed by atoms with E-state index in [4.69, 9.17) is 18.9 Å². The molecule has 1 amide bonds. The van der Waals surface area contributed by atoms with E-state index in [1.807, 2.05) is 6.08 Å². The van der Waals surface area contributed by atoms with Crippen LogP contribution in [0.2, 0.25) is 0 Å². The summed E-state index contributed by atoms with van der Waals surface area (Å²) in [6.45, 7) is 2.81. The van der Waals surface area contributed by atoms with Crippen LogP contribution in [0.4, 0.5) is 0 Å². The number of ether oxygens (including phenoxy) is 4. The van der Waals surface area contributed by atoms with Crippen LogP contribution in [-0.4, -0.2) is 140 Å². The second kappa shape index (κ2) is 56.0. The predicted molar refractivity (Wildman–Crippen MR) is 346 cm³/mol. The Labute approximate surface area is 518 Å². The van der Waals surface area contributed by atoms with Crippen LogP contribution in [0, 0.1) is 0 Å². The molecule has 2 aliphatic rings. The fraction of sp³-hybridized carbons (Fsp3) is 0.873. The number of aliphatic hydroxyl groups is 8. The standard InChI is InChI=1S/C71H131NO13/c1-3-5-7-9-11-13-15-17-19-21-23-25-26-27-28-29-30-31-32-33-34-35-37-39-41-43-45-47-49-51-53-55-63(76)72-59(60(75)54-52-50-48-46-44-42-40-38-36-24-22-20-18-16-14-12-10-8-6-4-2)58-82-70-68(81)66(79)69(62(57-74)84-70)85-71-67(80)65(78)64(77)61(56-73)83-71/h15,17,21,23,44,46,52,54,59-62,64-71,73-75,77-81H,3-14,16,18-20,22,24-43,45,47-51,53,55-58H2,1-2H3,(H,72,76)/b17-15-,23-21-,46-44+,54-52+. The summed E-state index contributed by atoms with van der Waals surface area (Å²) in [5.41, 5.74) is 0. The summed E-state index contributed by atoms with van der Waals surface area (Å²) in [5.74, 6) is -0.245. The van der Waals surface area contributed by atoms with Crippen LogP contribution in [-0.2, 0) is 23.7 Å². The number of hydrogen-bond donors (Lipinski definition) is 9. The smallest absolute Gasteiger partial charge is 0.220 e. The second-order valence-corrected chi connectivity index (χ2v) is 25.0. The van der Waals surface area contributed by atoms with Gasteiger partial charge in [-0.2, -0.15) is 0 Å². The lowest BCUT2D eigenvalue weighted by Crippen LogP contribution is -2.65. The van der Waals surface area contributed by atoms with Gasteiger partial charge in [0.2, 0.25) is 5.91 Å². The molecule has 12 unspecified atom stereocenters. The first-order valence-corrected chi connectivity index (χ1v) is 35.4. The van der Waals surface area contributed by atoms with E-state index in [2.05, 4.69) is 55.6 Å². The Bertz CT molecular complexity index is 1610. The van der Waals surface area contributed by atoms with Crippen molar-refractivity contribution in [3.8, 4) is 0 Å². The fourth-order valence-electron chi connectivity index (χ4n) is 11.6. The largest absolute Gasteiger partial charge is 0.394 e. The average molecular weight is 1210 g/mol. The topological polar surface area (TPSA) is 228 Å². The van der Waals surface area contributed by atoms with Crippen molar-refractivity contribution in [1.82, 2.24) is 5.32 Å². The highest BCUT2D eigenvalue weighted by Gasteiger charge is 2.51. The molecule has 2 fully saturated rings. The summed E-state index contributed by atoms with van der Waals surface area (Å²) in [4.78, 5) is 13.3. The Hall–Kier alpha value is -2.05. The molecule has 498 valence electrons. The molecule has 0 bridgehead atoms. The van der Waals surface area contributed by atoms with Crippen LogP contribution in [0.25, 0.3) is 0 Å². The third-order valence-corrected chi connectivity index (χ3v) is 17.2. The van der Waals surface area contributed by atoms with Gasteiger partial charge in [0.25, 0.3) is 0 Å². The first-order valence-electron chi connectivity index (χ1n) is 35.4. The Balaban J connectivity index is 1.66. The molecular weight excluding hydrogens is 1070 g/mol. The molecule has 14 heteroatoms. The molecule has 85 heavy (non-hydrogen) atoms. The average Bonchev–Trinajstić information content (AvgIpc) is 3.68. The van der Waals surface area contributed by atoms with E-state index in [0.717, 1.165) is 38.5 Å². The lowest BCUT2D eigenvalue weighted by Gasteiger charge is -2.46. The molecule has 0 aromatic rings. The van der Waals surface area contributed by atoms with Gasteiger partial charge in [-0.1, -0.05) is 281 Å². The summed E-state index contributed by atoms with van der Waals surface area (Å²) < 4.78 is 22.8. The number of rotatable bonds is 58. The Kier molecular flexibility index (Phi) is 52.1. The highest BCUT2D eigenvalue weighted by Crippen LogP contribution is 2.30. The van der Waals surface area contributed by atoms with Crippen LogP contribution in [0.1, 0.15) is 303 Å². The quantitative estimate of drug-likeness (QED) is 0.0204. The van der Waals surface area contributed by atoms with E-state index in [0.29, 0.717) is 12.8 Å². The number of hydrogen-bond acceptors (Lipinski definition) is 13. The molecule has 2 saturated heterocycles. The number of unbranched alkanes of at least 4 members (excludes halogenated alkanes) is 39. The van der Waals surface area contributed by atoms with Crippen molar-refractivity contribution in [2.24, 2.45) is 0 Å². The maximum absolute atomic E-state index is 13.3. The molecule has 2 aliphatic heterocycles. The van der Waals surface area contributed by atoms with Gasteiger partial charge in [0, 0.05) is 6.42 Å². The third kappa shape index (κ3) is 40.3. The van der Waals surface area contributed by atoms with Gasteiger partial charge in [0.15, 0.2) is 12.6 Å². The van der Waals surface area contributed by atoms with E-state index < -0.39 is 86.8 Å². The van der Waals surface area contributed by atoms with Crippen LogP contribution in [0.5, 0.6) is 0 Å². The van der Waals surface area contributed by atoms with E-state index >= 15 is 0 Å². The van der Waals surface area contributed by atoms with E-state index in [1.165, 1.54) is 231 Å². The van der Waals surface area contributed by atoms with Gasteiger partial charge in [0.1, 0.15) is 48.8 Å². The van der Waals surface area contributed by atoms with Gasteiger partial charge >= 0.3 is 0 Å². The molecule has 0 aromatic carbocycles. The molecule has 2 rings (SSSR count). The number of carbonyl (C=O) groups excluding carboxylic acids is 1. The monoisotopic (exact) mass is 1210 g/mol. The summed E-state index contributed by atoms with van der Waals surface area (Å²) in [7, 11) is 0. The number of amides is 1. The normalized spacial score (nSPS) is 23.8. The van der Waals surface area contributed by atoms with Crippen molar-refractivity contribution in [3.63, 3.8) is 0 Å². The SMILES string of the molecule is CCCCCCC/C=C\C/C=C\CCCCCCCCCCCCCCCCCCCCCC(=O)NC(COC1OC(CO)C(OC2OC(CO)C(O)C(O)C2O)C(O)C1O)C(O)/C=C/CC/C=C/CCCCCCCCCCCCCCCC. The Morgan fingerprint density at radius 2 is 0.788 bits per heavy atom. The molecule has 2 heterocycles. The van der Waals surface area contributed by atoms with Gasteiger partial charge in [-0.25, -0.2) is 0 Å². The van der Waals surface area contributed by atoms with Gasteiger partial charge < -0.3 is 65.1 Å². The maximum Gasteiger partial charge on any atom is 0.220 e. The van der Waals surface area contributed by atoms with Crippen LogP contribution in [0.3, 0.4) is 0 Å². The van der Waals surface area contributed by atoms with Crippen LogP contribution >= 0.6 is 0 Å². The van der Waals surface area contributed by atoms with E-state index in [-0.39, 0.29) is 18.9 Å². The molecule has 0 spiro atoms. The van der Waals surface area contributed by atoms with Gasteiger partial charge in [0.05, 0.1) is 32.0 Å². The highest BCUT2D eigenvalue weighted by molar-refractivity contribution is 5.76. The van der Waals surface area contributed by atoms with Crippen LogP contribution < -0.4 is 5.32 Å². The molecule has 12 atom stereocenters. The lowest BCUT2D eigenvalue weighted by molar-refractivity contribution is -0.359. The summed E-state index contributed by atoms with van der Waals surface area (Å²) in [6.07, 6.45) is 56.0. The molecule has 14 nitrogen and oxygen atoms in total. The maximum atomic E-state index is 13.3. The zero-order chi connectivity index (χ0) is 61.6. The highest BCUT2D eigenvalue weighted by atomic mass is 16.7. The van der Waals surface area contributed by atoms with Gasteiger partial charge in [-0.15, -0.1) is 0 Å². The van der Waals surface area contributed by atoms with Crippen molar-refractivity contribution < 1.29 is 64.6 Å². The lowest BCUT2D eigenvalue weighted by atomic mass is 9.97. The van der Waals surface area contributed by atoms with Crippen LogP contribution in [0.15, 0.2) is 48.6 Å². The third-order valence-electron chi connectivity index (χ3n) is 17.2. The van der Waals surface area contributed by atoms with Crippen molar-refractivity contribution in [1.29, 1.82) is 0 Å². The predicted octanol–water partition coefficient (Wildman–Crippen LogP) is 14.3. The number of nitrogens with one attached hydrogen (secondary N) is 1. The minimum absolute atomic E-state index is 0.245. The molecule has 0 saturated carbocycles. The van der Waals surface area contributed by atoms with Crippen molar-refractivity contribution in [2.45, 2.75) is 376 Å². The summed E-state index contributed by atoms with van der Waals surface area (Å²) >= 11 is 0. The number of aliphatic hydroxyl groups excluding tert-OH is 8. The van der Waals surface area contributed by atoms with E-state index in [1.54, 1.807) is 6.08 Å². The molecule has 0 aliphatic carbocycles. The van der Waals surface area contributed by atoms with Crippen molar-refractivity contribution >= 4 is 5.91 Å². The van der Waals surface area contributed by atoms with Crippen molar-refractivity contribution in [2.75, 3.05) is 19.8 Å². The summed E-state index contributed by atoms with van der Waals surface area (Å²) in [5, 5.41) is 87.4. The minimum Gasteiger partial charge on any atom is -0.394 e. The van der Waals surface area contributed by atoms with Crippen molar-refractivity contribution in [3.05, 3.63) is 48.6 Å². The van der Waals surface area contributed by atoms with E-state index in [9.17, 15) is 45.6 Å². The zero-order valence-electron chi connectivity index (χ0n) is 54.1. The fourth-order valence-corrected chi connectivity index (χ4v) is 11.6. The minimum atomic E-state index is -1.79. The first kappa shape index (κ1) is 79.0. The molecule has 9 N–H and O–H groups in total. The number of carbonyl (C=O) groups is 1. The second-order valence-electron chi connectivity index (χ2n) is 25.0. The first-order chi connectivity index (χ1) is 41.6. The zero-order valence-corrected chi connectivity index (χ0v) is 54.1. The Morgan fingerprint density at radius 1 is 0.424 bits per heavy atom.